The van der Waals surface area contributed by atoms with Crippen LogP contribution in [0.25, 0.3) is 44.2 Å². The first-order valence-corrected chi connectivity index (χ1v) is 20.7. The molecule has 3 aliphatic rings. The summed E-state index contributed by atoms with van der Waals surface area (Å²) in [5.74, 6) is 0. The fourth-order valence-electron chi connectivity index (χ4n) is 10.9. The number of rotatable bonds is 4. The molecule has 1 heteroatoms. The minimum Gasteiger partial charge on any atom is -0.309 e. The summed E-state index contributed by atoms with van der Waals surface area (Å²) in [6.07, 6.45) is 2.37. The zero-order valence-corrected chi connectivity index (χ0v) is 33.5. The molecule has 0 radical (unpaired) electrons. The van der Waals surface area contributed by atoms with E-state index in [1.807, 2.05) is 0 Å². The molecule has 0 amide bonds. The molecule has 276 valence electrons. The third kappa shape index (κ3) is 4.75. The van der Waals surface area contributed by atoms with Gasteiger partial charge in [-0.25, -0.2) is 0 Å². The normalized spacial score (nSPS) is 16.1. The van der Waals surface area contributed by atoms with Crippen molar-refractivity contribution in [1.82, 2.24) is 0 Å². The lowest BCUT2D eigenvalue weighted by molar-refractivity contribution is 0.332. The summed E-state index contributed by atoms with van der Waals surface area (Å²) in [6.45, 7) is 12.1. The van der Waals surface area contributed by atoms with E-state index in [2.05, 4.69) is 209 Å². The molecule has 0 heterocycles. The van der Waals surface area contributed by atoms with Gasteiger partial charge in [0.25, 0.3) is 0 Å². The number of nitrogens with zero attached hydrogens (tertiary/aromatic N) is 1. The highest BCUT2D eigenvalue weighted by Gasteiger charge is 2.52. The molecular weight excluding hydrogens is 687 g/mol. The van der Waals surface area contributed by atoms with E-state index >= 15 is 0 Å². The van der Waals surface area contributed by atoms with E-state index in [4.69, 9.17) is 0 Å². The van der Waals surface area contributed by atoms with Crippen LogP contribution < -0.4 is 4.90 Å². The molecule has 0 bridgehead atoms. The molecule has 1 nitrogen and oxygen atoms in total. The first-order chi connectivity index (χ1) is 27.7. The summed E-state index contributed by atoms with van der Waals surface area (Å²) < 4.78 is 0. The molecule has 0 N–H and O–H groups in total. The number of aryl methyl sites for hydroxylation is 1. The van der Waals surface area contributed by atoms with Crippen LogP contribution in [0.15, 0.2) is 170 Å². The summed E-state index contributed by atoms with van der Waals surface area (Å²) in [6, 6.07) is 64.4. The Morgan fingerprint density at radius 1 is 0.386 bits per heavy atom. The molecule has 57 heavy (non-hydrogen) atoms. The lowest BCUT2D eigenvalue weighted by atomic mass is 9.62. The topological polar surface area (TPSA) is 3.24 Å². The predicted molar refractivity (Wildman–Crippen MR) is 240 cm³/mol. The third-order valence-corrected chi connectivity index (χ3v) is 13.9. The maximum absolute atomic E-state index is 2.59. The summed E-state index contributed by atoms with van der Waals surface area (Å²) in [5.41, 5.74) is 20.9. The van der Waals surface area contributed by atoms with E-state index in [-0.39, 0.29) is 10.8 Å². The van der Waals surface area contributed by atoms with Crippen molar-refractivity contribution in [2.45, 2.75) is 63.7 Å². The predicted octanol–water partition coefficient (Wildman–Crippen LogP) is 15.0. The summed E-state index contributed by atoms with van der Waals surface area (Å²) in [7, 11) is 0. The number of benzene rings is 8. The first kappa shape index (κ1) is 34.1. The van der Waals surface area contributed by atoms with Gasteiger partial charge >= 0.3 is 0 Å². The molecule has 3 aliphatic carbocycles. The van der Waals surface area contributed by atoms with Gasteiger partial charge < -0.3 is 4.90 Å². The monoisotopic (exact) mass is 733 g/mol. The summed E-state index contributed by atoms with van der Waals surface area (Å²) in [5, 5.41) is 2.46. The minimum absolute atomic E-state index is 0.0763. The van der Waals surface area contributed by atoms with E-state index in [9.17, 15) is 0 Å². The van der Waals surface area contributed by atoms with Crippen molar-refractivity contribution in [2.75, 3.05) is 4.90 Å². The highest BCUT2D eigenvalue weighted by Crippen LogP contribution is 2.64. The smallest absolute Gasteiger partial charge is 0.0726 e. The fourth-order valence-corrected chi connectivity index (χ4v) is 10.9. The van der Waals surface area contributed by atoms with Gasteiger partial charge in [0, 0.05) is 16.6 Å². The van der Waals surface area contributed by atoms with Crippen LogP contribution in [0, 0.1) is 6.92 Å². The molecular formula is C56H47N. The van der Waals surface area contributed by atoms with Crippen LogP contribution in [0.2, 0.25) is 0 Å². The third-order valence-electron chi connectivity index (χ3n) is 13.9. The van der Waals surface area contributed by atoms with Gasteiger partial charge in [-0.15, -0.1) is 0 Å². The Morgan fingerprint density at radius 3 is 1.56 bits per heavy atom. The molecule has 0 atom stereocenters. The van der Waals surface area contributed by atoms with Crippen molar-refractivity contribution in [3.8, 4) is 33.4 Å². The van der Waals surface area contributed by atoms with E-state index in [1.165, 1.54) is 107 Å². The Morgan fingerprint density at radius 2 is 0.912 bits per heavy atom. The first-order valence-electron chi connectivity index (χ1n) is 20.7. The Balaban J connectivity index is 1.31. The van der Waals surface area contributed by atoms with Gasteiger partial charge in [0.2, 0.25) is 0 Å². The second kappa shape index (κ2) is 12.2. The Kier molecular flexibility index (Phi) is 7.27. The Bertz CT molecular complexity index is 2880. The van der Waals surface area contributed by atoms with Gasteiger partial charge in [-0.2, -0.15) is 0 Å². The van der Waals surface area contributed by atoms with Crippen LogP contribution >= 0.6 is 0 Å². The molecule has 0 saturated heterocycles. The second-order valence-electron chi connectivity index (χ2n) is 18.0. The second-order valence-corrected chi connectivity index (χ2v) is 18.0. The zero-order chi connectivity index (χ0) is 38.7. The van der Waals surface area contributed by atoms with E-state index in [0.29, 0.717) is 0 Å². The molecule has 0 aromatic heterocycles. The number of hydrogen-bond acceptors (Lipinski definition) is 1. The fraction of sp³-hybridized carbons (Fsp3) is 0.179. The van der Waals surface area contributed by atoms with Gasteiger partial charge in [0.05, 0.1) is 16.8 Å². The molecule has 0 saturated carbocycles. The van der Waals surface area contributed by atoms with Crippen molar-refractivity contribution >= 4 is 27.8 Å². The average Bonchev–Trinajstić information content (AvgIpc) is 3.70. The largest absolute Gasteiger partial charge is 0.309 e. The highest BCUT2D eigenvalue weighted by atomic mass is 15.1. The van der Waals surface area contributed by atoms with Crippen molar-refractivity contribution in [3.05, 3.63) is 209 Å². The molecule has 8 aromatic carbocycles. The van der Waals surface area contributed by atoms with Gasteiger partial charge in [0.15, 0.2) is 0 Å². The molecule has 0 aliphatic heterocycles. The molecule has 0 unspecified atom stereocenters. The van der Waals surface area contributed by atoms with Crippen LogP contribution in [0.5, 0.6) is 0 Å². The zero-order valence-electron chi connectivity index (χ0n) is 33.5. The Hall–Kier alpha value is -6.18. The number of anilines is 3. The lowest BCUT2D eigenvalue weighted by Gasteiger charge is -2.42. The van der Waals surface area contributed by atoms with Crippen LogP contribution in [-0.2, 0) is 16.2 Å². The highest BCUT2D eigenvalue weighted by molar-refractivity contribution is 6.04. The average molecular weight is 734 g/mol. The van der Waals surface area contributed by atoms with E-state index in [0.717, 1.165) is 5.69 Å². The van der Waals surface area contributed by atoms with Gasteiger partial charge in [0.1, 0.15) is 0 Å². The summed E-state index contributed by atoms with van der Waals surface area (Å²) >= 11 is 0. The molecule has 1 spiro atoms. The maximum atomic E-state index is 2.59. The molecule has 0 fully saturated rings. The maximum Gasteiger partial charge on any atom is 0.0726 e. The van der Waals surface area contributed by atoms with Crippen LogP contribution in [0.3, 0.4) is 0 Å². The van der Waals surface area contributed by atoms with E-state index in [1.54, 1.807) is 0 Å². The standard InChI is InChI=1S/C56H47N/c1-36-32-50-51(55(4,5)31-30-54(50,2)3)34-43(36)45-33-44-42-25-13-16-28-48(42)56(46-26-14-11-23-40(46)41-24-12-15-27-47(41)56)49(44)35-53(45)57(38-20-7-6-8-21-38)52-29-17-19-37-18-9-10-22-39(37)52/h6-29,32-35H,30-31H2,1-5H3. The summed E-state index contributed by atoms with van der Waals surface area (Å²) in [4.78, 5) is 2.55. The van der Waals surface area contributed by atoms with E-state index < -0.39 is 5.41 Å². The SMILES string of the molecule is Cc1cc2c(cc1-c1cc3c(cc1N(c1ccccc1)c1cccc4ccccc14)C1(c4ccccc4-c4ccccc41)c1ccccc1-3)C(C)(C)CCC2(C)C. The Labute approximate surface area is 337 Å². The lowest BCUT2D eigenvalue weighted by Crippen LogP contribution is -2.34. The van der Waals surface area contributed by atoms with Crippen LogP contribution in [0.1, 0.15) is 79.5 Å². The van der Waals surface area contributed by atoms with Crippen LogP contribution in [0.4, 0.5) is 17.1 Å². The number of fused-ring (bicyclic) bond motifs is 12. The van der Waals surface area contributed by atoms with Crippen molar-refractivity contribution in [1.29, 1.82) is 0 Å². The van der Waals surface area contributed by atoms with Crippen molar-refractivity contribution in [2.24, 2.45) is 0 Å². The van der Waals surface area contributed by atoms with Crippen molar-refractivity contribution in [3.63, 3.8) is 0 Å². The van der Waals surface area contributed by atoms with Crippen LogP contribution in [-0.4, -0.2) is 0 Å². The van der Waals surface area contributed by atoms with Gasteiger partial charge in [-0.05, 0) is 139 Å². The van der Waals surface area contributed by atoms with Gasteiger partial charge in [-0.1, -0.05) is 161 Å². The molecule has 8 aromatic rings. The van der Waals surface area contributed by atoms with Gasteiger partial charge in [-0.3, -0.25) is 0 Å². The van der Waals surface area contributed by atoms with Crippen molar-refractivity contribution < 1.29 is 0 Å². The molecule has 11 rings (SSSR count). The number of hydrogen-bond donors (Lipinski definition) is 0. The minimum atomic E-state index is -0.454. The quantitative estimate of drug-likeness (QED) is 0.174. The number of para-hydroxylation sites is 1.